The summed E-state index contributed by atoms with van der Waals surface area (Å²) < 4.78 is 37.8. The summed E-state index contributed by atoms with van der Waals surface area (Å²) in [5, 5.41) is 13.4. The number of nitro benzene ring substituents is 1. The van der Waals surface area contributed by atoms with Gasteiger partial charge in [-0.1, -0.05) is 19.9 Å². The molecule has 0 bridgehead atoms. The Kier molecular flexibility index (Phi) is 8.42. The van der Waals surface area contributed by atoms with Crippen LogP contribution in [0.15, 0.2) is 66.7 Å². The van der Waals surface area contributed by atoms with Crippen molar-refractivity contribution in [3.05, 3.63) is 94.0 Å². The lowest BCUT2D eigenvalue weighted by molar-refractivity contribution is -0.384. The van der Waals surface area contributed by atoms with Crippen LogP contribution >= 0.6 is 0 Å². The van der Waals surface area contributed by atoms with Gasteiger partial charge in [0.05, 0.1) is 17.6 Å². The van der Waals surface area contributed by atoms with E-state index in [-0.39, 0.29) is 29.5 Å². The summed E-state index contributed by atoms with van der Waals surface area (Å²) in [7, 11) is 1.45. The molecule has 2 amide bonds. The smallest absolute Gasteiger partial charge is 0.329 e. The molecule has 2 aromatic carbocycles. The maximum atomic E-state index is 13.8. The molecular weight excluding hydrogens is 424 g/mol. The number of nitrogens with zero attached hydrogens (tertiary/aromatic N) is 2. The van der Waals surface area contributed by atoms with Crippen molar-refractivity contribution in [2.75, 3.05) is 13.7 Å². The van der Waals surface area contributed by atoms with Gasteiger partial charge in [0.2, 0.25) is 0 Å². The lowest BCUT2D eigenvalue weighted by atomic mass is 10.0. The Hall–Kier alpha value is -3.79. The zero-order valence-electron chi connectivity index (χ0n) is 17.8. The number of carbonyl (C=O) groups is 1. The third-order valence-corrected chi connectivity index (χ3v) is 4.26. The van der Waals surface area contributed by atoms with E-state index in [1.807, 2.05) is 13.8 Å². The van der Waals surface area contributed by atoms with E-state index in [9.17, 15) is 23.7 Å². The van der Waals surface area contributed by atoms with Gasteiger partial charge in [-0.15, -0.1) is 0 Å². The van der Waals surface area contributed by atoms with Gasteiger partial charge in [-0.05, 0) is 42.5 Å². The Labute approximate surface area is 183 Å². The number of benzene rings is 2. The number of amides is 2. The molecule has 0 spiro atoms. The van der Waals surface area contributed by atoms with Crippen LogP contribution in [0.25, 0.3) is 0 Å². The Bertz CT molecular complexity index is 1020. The number of methoxy groups -OCH3 is 1. The predicted molar refractivity (Wildman–Crippen MR) is 114 cm³/mol. The van der Waals surface area contributed by atoms with Gasteiger partial charge in [-0.2, -0.15) is 0 Å². The number of ether oxygens (including phenoxy) is 2. The molecule has 1 heterocycles. The average Bonchev–Trinajstić information content (AvgIpc) is 2.77. The highest BCUT2D eigenvalue weighted by Crippen LogP contribution is 2.32. The van der Waals surface area contributed by atoms with Crippen LogP contribution in [0.5, 0.6) is 5.75 Å². The topological polar surface area (TPSA) is 93.9 Å². The van der Waals surface area contributed by atoms with E-state index >= 15 is 0 Å². The van der Waals surface area contributed by atoms with Crippen molar-refractivity contribution in [3.8, 4) is 5.75 Å². The molecule has 0 saturated carbocycles. The van der Waals surface area contributed by atoms with Gasteiger partial charge in [0.15, 0.2) is 17.5 Å². The number of non-ortho nitro benzene ring substituents is 1. The lowest BCUT2D eigenvalue weighted by Gasteiger charge is -2.35. The normalized spacial score (nSPS) is 15.2. The van der Waals surface area contributed by atoms with Crippen molar-refractivity contribution >= 4 is 11.7 Å². The van der Waals surface area contributed by atoms with E-state index in [0.717, 1.165) is 17.0 Å². The van der Waals surface area contributed by atoms with E-state index in [0.29, 0.717) is 5.70 Å². The van der Waals surface area contributed by atoms with Crippen LogP contribution in [-0.2, 0) is 4.74 Å². The third-order valence-electron chi connectivity index (χ3n) is 4.26. The van der Waals surface area contributed by atoms with Gasteiger partial charge in [-0.25, -0.2) is 13.6 Å². The summed E-state index contributed by atoms with van der Waals surface area (Å²) in [6.45, 7) is 7.84. The number of hydrogen-bond donors (Lipinski definition) is 1. The van der Waals surface area contributed by atoms with Crippen molar-refractivity contribution in [2.24, 2.45) is 0 Å². The van der Waals surface area contributed by atoms with Crippen LogP contribution in [0.3, 0.4) is 0 Å². The molecule has 0 saturated heterocycles. The number of halogens is 2. The molecule has 8 nitrogen and oxygen atoms in total. The first-order valence-corrected chi connectivity index (χ1v) is 9.66. The maximum absolute atomic E-state index is 13.8. The molecule has 170 valence electrons. The van der Waals surface area contributed by atoms with Gasteiger partial charge in [0.1, 0.15) is 5.75 Å². The molecule has 10 heteroatoms. The Morgan fingerprint density at radius 3 is 2.41 bits per heavy atom. The fourth-order valence-electron chi connectivity index (χ4n) is 2.90. The highest BCUT2D eigenvalue weighted by atomic mass is 19.2. The summed E-state index contributed by atoms with van der Waals surface area (Å²) >= 11 is 0. The Balaban J connectivity index is 0.00000176. The monoisotopic (exact) mass is 447 g/mol. The average molecular weight is 447 g/mol. The number of carbonyl (C=O) groups excluding carboxylic acids is 1. The van der Waals surface area contributed by atoms with Gasteiger partial charge >= 0.3 is 6.03 Å². The second-order valence-corrected chi connectivity index (χ2v) is 6.29. The summed E-state index contributed by atoms with van der Waals surface area (Å²) in [6.07, 6.45) is 1.60. The minimum atomic E-state index is -1.07. The number of nitro groups is 1. The molecule has 0 aromatic heterocycles. The molecule has 0 aliphatic carbocycles. The predicted octanol–water partition coefficient (Wildman–Crippen LogP) is 5.05. The highest BCUT2D eigenvalue weighted by molar-refractivity contribution is 5.80. The molecule has 3 rings (SSSR count). The van der Waals surface area contributed by atoms with Crippen molar-refractivity contribution in [1.82, 2.24) is 10.2 Å². The van der Waals surface area contributed by atoms with Crippen LogP contribution in [-0.4, -0.2) is 29.6 Å². The number of urea groups is 1. The van der Waals surface area contributed by atoms with Gasteiger partial charge < -0.3 is 14.8 Å². The number of rotatable bonds is 7. The van der Waals surface area contributed by atoms with Crippen LogP contribution < -0.4 is 10.1 Å². The van der Waals surface area contributed by atoms with E-state index in [4.69, 9.17) is 9.47 Å². The number of hydrogen-bond acceptors (Lipinski definition) is 5. The zero-order chi connectivity index (χ0) is 23.8. The fourth-order valence-corrected chi connectivity index (χ4v) is 2.90. The zero-order valence-corrected chi connectivity index (χ0v) is 17.8. The molecule has 1 N–H and O–H groups in total. The first kappa shape index (κ1) is 24.5. The third kappa shape index (κ3) is 5.67. The summed E-state index contributed by atoms with van der Waals surface area (Å²) in [5.74, 6) is -2.01. The van der Waals surface area contributed by atoms with Crippen LogP contribution in [0.4, 0.5) is 19.3 Å². The van der Waals surface area contributed by atoms with Crippen molar-refractivity contribution < 1.29 is 28.0 Å². The molecule has 1 aliphatic rings. The summed E-state index contributed by atoms with van der Waals surface area (Å²) in [5.41, 5.74) is 0.581. The standard InChI is InChI=1S/C20H17F2N3O5.C2H6/c1-12(30-16-6-4-15(5-7-16)25(27)28)24-19(10-14(11-29-2)23-20(24)26)13-3-8-17(21)18(22)9-13;1-2/h3-10,19H,1,11H2,2H3,(H,23,26);1-2H3. The van der Waals surface area contributed by atoms with Crippen LogP contribution in [0, 0.1) is 21.7 Å². The van der Waals surface area contributed by atoms with E-state index in [2.05, 4.69) is 11.9 Å². The largest absolute Gasteiger partial charge is 0.441 e. The van der Waals surface area contributed by atoms with E-state index in [1.165, 1.54) is 37.4 Å². The first-order chi connectivity index (χ1) is 15.3. The van der Waals surface area contributed by atoms with E-state index in [1.54, 1.807) is 6.08 Å². The summed E-state index contributed by atoms with van der Waals surface area (Å²) in [4.78, 5) is 24.0. The Morgan fingerprint density at radius 1 is 1.19 bits per heavy atom. The molecule has 2 aromatic rings. The van der Waals surface area contributed by atoms with Gasteiger partial charge in [-0.3, -0.25) is 15.0 Å². The SMILES string of the molecule is C=C(Oc1ccc([N+](=O)[O-])cc1)N1C(=O)NC(COC)=CC1c1ccc(F)c(F)c1.CC. The lowest BCUT2D eigenvalue weighted by Crippen LogP contribution is -2.46. The minimum Gasteiger partial charge on any atom is -0.441 e. The second-order valence-electron chi connectivity index (χ2n) is 6.29. The Morgan fingerprint density at radius 2 is 1.84 bits per heavy atom. The quantitative estimate of drug-likeness (QED) is 0.364. The minimum absolute atomic E-state index is 0.0927. The van der Waals surface area contributed by atoms with Crippen molar-refractivity contribution in [2.45, 2.75) is 19.9 Å². The van der Waals surface area contributed by atoms with Gasteiger partial charge in [0, 0.05) is 24.9 Å². The molecule has 1 aliphatic heterocycles. The van der Waals surface area contributed by atoms with Crippen molar-refractivity contribution in [3.63, 3.8) is 0 Å². The van der Waals surface area contributed by atoms with Crippen LogP contribution in [0.1, 0.15) is 25.5 Å². The van der Waals surface area contributed by atoms with Crippen LogP contribution in [0.2, 0.25) is 0 Å². The van der Waals surface area contributed by atoms with E-state index < -0.39 is 28.6 Å². The molecule has 0 radical (unpaired) electrons. The molecule has 1 atom stereocenters. The summed E-state index contributed by atoms with van der Waals surface area (Å²) in [6, 6.07) is 6.98. The maximum Gasteiger partial charge on any atom is 0.329 e. The molecular formula is C22H23F2N3O5. The molecule has 0 fully saturated rings. The van der Waals surface area contributed by atoms with Gasteiger partial charge in [0.25, 0.3) is 5.69 Å². The number of nitrogens with one attached hydrogen (secondary N) is 1. The first-order valence-electron chi connectivity index (χ1n) is 9.66. The molecule has 32 heavy (non-hydrogen) atoms. The fraction of sp³-hybridized carbons (Fsp3) is 0.227. The highest BCUT2D eigenvalue weighted by Gasteiger charge is 2.33. The molecule has 1 unspecified atom stereocenters. The van der Waals surface area contributed by atoms with Crippen molar-refractivity contribution in [1.29, 1.82) is 0 Å². The second kappa shape index (κ2) is 11.0.